The summed E-state index contributed by atoms with van der Waals surface area (Å²) < 4.78 is 99.5. The van der Waals surface area contributed by atoms with Crippen LogP contribution in [0.4, 0.5) is 30.7 Å². The van der Waals surface area contributed by atoms with Crippen LogP contribution >= 0.6 is 15.9 Å². The minimum Gasteiger partial charge on any atom is -0.461 e. The van der Waals surface area contributed by atoms with Gasteiger partial charge < -0.3 is 9.47 Å². The van der Waals surface area contributed by atoms with E-state index in [0.29, 0.717) is 24.3 Å². The molecule has 0 aromatic heterocycles. The average molecular weight is 559 g/mol. The zero-order valence-electron chi connectivity index (χ0n) is 16.7. The number of rotatable bonds is 8. The predicted octanol–water partition coefficient (Wildman–Crippen LogP) is 5.41. The summed E-state index contributed by atoms with van der Waals surface area (Å²) in [6, 6.07) is 5.83. The van der Waals surface area contributed by atoms with Gasteiger partial charge >= 0.3 is 24.3 Å². The fraction of sp³-hybridized carbons (Fsp3) is 0.286. The molecular weight excluding hydrogens is 545 g/mol. The van der Waals surface area contributed by atoms with Crippen molar-refractivity contribution in [2.75, 3.05) is 6.61 Å². The lowest BCUT2D eigenvalue weighted by Crippen LogP contribution is -2.39. The first-order valence-corrected chi connectivity index (χ1v) is 10.1. The number of carbonyl (C=O) groups is 3. The molecule has 0 radical (unpaired) electrons. The minimum atomic E-state index is -4.65. The Kier molecular flexibility index (Phi) is 8.81. The number of carbonyl (C=O) groups excluding carboxylic acids is 3. The molecule has 0 aliphatic heterocycles. The molecule has 0 heterocycles. The highest BCUT2D eigenvalue weighted by Gasteiger charge is 2.34. The average Bonchev–Trinajstić information content (AvgIpc) is 2.79. The molecule has 0 amide bonds. The van der Waals surface area contributed by atoms with Crippen molar-refractivity contribution in [3.8, 4) is 0 Å². The Morgan fingerprint density at radius 1 is 0.824 bits per heavy atom. The van der Waals surface area contributed by atoms with Gasteiger partial charge in [0.05, 0.1) is 27.1 Å². The van der Waals surface area contributed by atoms with Gasteiger partial charge in [-0.1, -0.05) is 15.9 Å². The Balaban J connectivity index is 2.04. The summed E-state index contributed by atoms with van der Waals surface area (Å²) in [6.07, 6.45) is -13.7. The van der Waals surface area contributed by atoms with E-state index in [1.165, 1.54) is 0 Å². The van der Waals surface area contributed by atoms with E-state index in [9.17, 15) is 45.1 Å². The zero-order chi connectivity index (χ0) is 25.7. The van der Waals surface area contributed by atoms with E-state index in [4.69, 9.17) is 9.47 Å². The molecule has 0 saturated heterocycles. The third-order valence-corrected chi connectivity index (χ3v) is 5.10. The number of esters is 2. The van der Waals surface area contributed by atoms with Crippen molar-refractivity contribution in [1.29, 1.82) is 0 Å². The summed E-state index contributed by atoms with van der Waals surface area (Å²) >= 11 is 2.91. The highest BCUT2D eigenvalue weighted by atomic mass is 79.9. The number of benzene rings is 2. The van der Waals surface area contributed by atoms with E-state index in [1.54, 1.807) is 0 Å². The molecule has 13 heteroatoms. The lowest BCUT2D eigenvalue weighted by molar-refractivity contribution is -0.138. The summed E-state index contributed by atoms with van der Waals surface area (Å²) in [5.41, 5.74) is -2.65. The van der Waals surface area contributed by atoms with Gasteiger partial charge in [-0.05, 0) is 48.5 Å². The molecule has 0 spiro atoms. The van der Waals surface area contributed by atoms with E-state index in [1.807, 2.05) is 0 Å². The van der Waals surface area contributed by atoms with Gasteiger partial charge in [0.15, 0.2) is 18.6 Å². The topological polar surface area (TPSA) is 69.7 Å². The first-order valence-electron chi connectivity index (χ1n) is 9.20. The van der Waals surface area contributed by atoms with Crippen molar-refractivity contribution < 1.29 is 54.6 Å². The first kappa shape index (κ1) is 27.3. The molecule has 2 aromatic carbocycles. The number of alkyl halides is 8. The van der Waals surface area contributed by atoms with Crippen LogP contribution in [0.15, 0.2) is 48.5 Å². The second kappa shape index (κ2) is 11.0. The third-order valence-electron chi connectivity index (χ3n) is 4.31. The number of hydrogen-bond donors (Lipinski definition) is 0. The molecule has 0 aliphatic rings. The molecule has 184 valence electrons. The van der Waals surface area contributed by atoms with E-state index < -0.39 is 59.1 Å². The normalized spacial score (nSPS) is 14.6. The molecule has 34 heavy (non-hydrogen) atoms. The molecule has 3 atom stereocenters. The largest absolute Gasteiger partial charge is 0.461 e. The van der Waals surface area contributed by atoms with Crippen molar-refractivity contribution in [2.24, 2.45) is 0 Å². The van der Waals surface area contributed by atoms with Crippen LogP contribution in [-0.2, 0) is 26.6 Å². The molecule has 2 aromatic rings. The number of ether oxygens (including phenoxy) is 2. The summed E-state index contributed by atoms with van der Waals surface area (Å²) in [7, 11) is 0. The third kappa shape index (κ3) is 7.27. The van der Waals surface area contributed by atoms with Crippen LogP contribution in [0.25, 0.3) is 0 Å². The fourth-order valence-corrected chi connectivity index (χ4v) is 3.06. The van der Waals surface area contributed by atoms with Gasteiger partial charge in [-0.15, -0.1) is 0 Å². The van der Waals surface area contributed by atoms with Crippen LogP contribution in [0.1, 0.15) is 31.8 Å². The summed E-state index contributed by atoms with van der Waals surface area (Å²) in [4.78, 5) is 33.8. The molecule has 1 unspecified atom stereocenters. The molecular formula is C21H14BrF7O5. The van der Waals surface area contributed by atoms with Crippen LogP contribution in [0.5, 0.6) is 0 Å². The van der Waals surface area contributed by atoms with Gasteiger partial charge in [-0.25, -0.2) is 14.0 Å². The monoisotopic (exact) mass is 558 g/mol. The second-order valence-corrected chi connectivity index (χ2v) is 7.89. The maximum absolute atomic E-state index is 14.1. The van der Waals surface area contributed by atoms with Crippen molar-refractivity contribution in [3.63, 3.8) is 0 Å². The maximum Gasteiger partial charge on any atom is 0.416 e. The van der Waals surface area contributed by atoms with E-state index in [0.717, 1.165) is 24.3 Å². The van der Waals surface area contributed by atoms with Gasteiger partial charge in [0.1, 0.15) is 6.61 Å². The maximum atomic E-state index is 14.1. The van der Waals surface area contributed by atoms with E-state index in [-0.39, 0.29) is 17.4 Å². The first-order chi connectivity index (χ1) is 15.7. The summed E-state index contributed by atoms with van der Waals surface area (Å²) in [5.74, 6) is -2.32. The standard InChI is InChI=1S/C21H14BrF7O5/c22-15(10-33-18(31)11-1-5-13(6-2-11)20(24,25)26)17(16(23)9-30)34-19(32)12-3-7-14(8-4-12)21(27,28)29/h1-9,15-17H,10H2/t15-,16+,17?/m0/s1. The highest BCUT2D eigenvalue weighted by Crippen LogP contribution is 2.30. The van der Waals surface area contributed by atoms with Gasteiger partial charge in [-0.2, -0.15) is 26.3 Å². The number of aldehydes is 1. The molecule has 0 N–H and O–H groups in total. The SMILES string of the molecule is O=C[C@@H](F)C(OC(=O)c1ccc(C(F)(F)F)cc1)[C@@H](Br)COC(=O)c1ccc(C(F)(F)F)cc1. The Morgan fingerprint density at radius 3 is 1.62 bits per heavy atom. The minimum absolute atomic E-state index is 0.198. The number of halogens is 8. The Hall–Kier alpha value is -2.96. The lowest BCUT2D eigenvalue weighted by Gasteiger charge is -2.23. The van der Waals surface area contributed by atoms with Crippen molar-refractivity contribution >= 4 is 34.2 Å². The van der Waals surface area contributed by atoms with Gasteiger partial charge in [0.2, 0.25) is 0 Å². The van der Waals surface area contributed by atoms with E-state index in [2.05, 4.69) is 15.9 Å². The predicted molar refractivity (Wildman–Crippen MR) is 106 cm³/mol. The molecule has 5 nitrogen and oxygen atoms in total. The van der Waals surface area contributed by atoms with Crippen LogP contribution in [0, 0.1) is 0 Å². The Bertz CT molecular complexity index is 1000. The summed E-state index contributed by atoms with van der Waals surface area (Å²) in [5, 5.41) is 0. The molecule has 0 aliphatic carbocycles. The molecule has 0 fully saturated rings. The molecule has 0 saturated carbocycles. The van der Waals surface area contributed by atoms with Crippen LogP contribution in [0.3, 0.4) is 0 Å². The summed E-state index contributed by atoms with van der Waals surface area (Å²) in [6.45, 7) is -0.668. The van der Waals surface area contributed by atoms with Gasteiger partial charge in [0.25, 0.3) is 0 Å². The lowest BCUT2D eigenvalue weighted by atomic mass is 10.1. The number of hydrogen-bond acceptors (Lipinski definition) is 5. The van der Waals surface area contributed by atoms with Crippen molar-refractivity contribution in [1.82, 2.24) is 0 Å². The van der Waals surface area contributed by atoms with Gasteiger partial charge in [-0.3, -0.25) is 4.79 Å². The van der Waals surface area contributed by atoms with Gasteiger partial charge in [0, 0.05) is 0 Å². The zero-order valence-corrected chi connectivity index (χ0v) is 18.3. The second-order valence-electron chi connectivity index (χ2n) is 6.72. The molecule has 2 rings (SSSR count). The fourth-order valence-electron chi connectivity index (χ4n) is 2.53. The Labute approximate surface area is 196 Å². The molecule has 0 bridgehead atoms. The van der Waals surface area contributed by atoms with E-state index >= 15 is 0 Å². The van der Waals surface area contributed by atoms with Crippen LogP contribution < -0.4 is 0 Å². The quantitative estimate of drug-likeness (QED) is 0.188. The smallest absolute Gasteiger partial charge is 0.416 e. The highest BCUT2D eigenvalue weighted by molar-refractivity contribution is 9.09. The van der Waals surface area contributed by atoms with Crippen LogP contribution in [0.2, 0.25) is 0 Å². The Morgan fingerprint density at radius 2 is 1.24 bits per heavy atom. The van der Waals surface area contributed by atoms with Crippen molar-refractivity contribution in [2.45, 2.75) is 29.5 Å². The van der Waals surface area contributed by atoms with Crippen LogP contribution in [-0.4, -0.2) is 41.9 Å². The van der Waals surface area contributed by atoms with Crippen molar-refractivity contribution in [3.05, 3.63) is 70.8 Å².